The molecule has 24 heavy (non-hydrogen) atoms. The summed E-state index contributed by atoms with van der Waals surface area (Å²) in [5.74, 6) is 0.897. The van der Waals surface area contributed by atoms with E-state index in [-0.39, 0.29) is 24.1 Å². The topological polar surface area (TPSA) is 92.1 Å². The van der Waals surface area contributed by atoms with Crippen molar-refractivity contribution >= 4 is 23.4 Å². The van der Waals surface area contributed by atoms with Crippen LogP contribution < -0.4 is 10.6 Å². The number of carbonyl (C=O) groups is 1. The van der Waals surface area contributed by atoms with Crippen molar-refractivity contribution in [3.8, 4) is 5.82 Å². The molecule has 2 heterocycles. The number of carbonyl (C=O) groups excluding carboxylic acids is 1. The summed E-state index contributed by atoms with van der Waals surface area (Å²) in [7, 11) is 0. The number of hydrogen-bond acceptors (Lipinski definition) is 4. The highest BCUT2D eigenvalue weighted by molar-refractivity contribution is 6.32. The summed E-state index contributed by atoms with van der Waals surface area (Å²) in [5, 5.41) is 19.9. The number of halogens is 1. The van der Waals surface area contributed by atoms with Gasteiger partial charge in [0.1, 0.15) is 0 Å². The van der Waals surface area contributed by atoms with Crippen molar-refractivity contribution in [2.45, 2.75) is 32.2 Å². The standard InChI is InChI=1S/C16H20ClN5O2/c1-16(10-23)7-2-5-12(16)19-15(24)20-13-6-9-22(21-13)14-11(17)4-3-8-18-14/h3-4,6,8-9,12,23H,2,5,7,10H2,1H3,(H2,19,20,21,24). The molecule has 0 spiro atoms. The molecule has 3 rings (SSSR count). The van der Waals surface area contributed by atoms with Gasteiger partial charge in [0.15, 0.2) is 11.6 Å². The van der Waals surface area contributed by atoms with E-state index in [1.807, 2.05) is 6.92 Å². The van der Waals surface area contributed by atoms with Crippen LogP contribution in [0.1, 0.15) is 26.2 Å². The van der Waals surface area contributed by atoms with Crippen LogP contribution in [0.2, 0.25) is 5.02 Å². The second-order valence-corrected chi connectivity index (χ2v) is 6.72. The van der Waals surface area contributed by atoms with Gasteiger partial charge in [0.25, 0.3) is 0 Å². The van der Waals surface area contributed by atoms with Crippen LogP contribution in [0.4, 0.5) is 10.6 Å². The lowest BCUT2D eigenvalue weighted by molar-refractivity contribution is 0.122. The molecule has 1 aliphatic rings. The molecule has 0 bridgehead atoms. The minimum absolute atomic E-state index is 0.0465. The monoisotopic (exact) mass is 349 g/mol. The largest absolute Gasteiger partial charge is 0.396 e. The fraction of sp³-hybridized carbons (Fsp3) is 0.438. The third-order valence-corrected chi connectivity index (χ3v) is 4.83. The number of anilines is 1. The number of amides is 2. The first-order chi connectivity index (χ1) is 11.5. The minimum Gasteiger partial charge on any atom is -0.396 e. The van der Waals surface area contributed by atoms with Gasteiger partial charge in [0.2, 0.25) is 0 Å². The molecule has 128 valence electrons. The molecule has 2 aromatic heterocycles. The molecule has 0 aromatic carbocycles. The zero-order chi connectivity index (χ0) is 17.2. The zero-order valence-electron chi connectivity index (χ0n) is 13.4. The third-order valence-electron chi connectivity index (χ3n) is 4.54. The third kappa shape index (κ3) is 3.37. The molecule has 7 nitrogen and oxygen atoms in total. The highest BCUT2D eigenvalue weighted by Crippen LogP contribution is 2.37. The van der Waals surface area contributed by atoms with E-state index in [9.17, 15) is 9.90 Å². The summed E-state index contributed by atoms with van der Waals surface area (Å²) in [6.45, 7) is 2.05. The average Bonchev–Trinajstić information content (AvgIpc) is 3.16. The number of nitrogens with zero attached hydrogens (tertiary/aromatic N) is 3. The van der Waals surface area contributed by atoms with Gasteiger partial charge in [0.05, 0.1) is 11.6 Å². The molecule has 1 aliphatic carbocycles. The van der Waals surface area contributed by atoms with Crippen LogP contribution in [0.3, 0.4) is 0 Å². The Morgan fingerprint density at radius 3 is 3.12 bits per heavy atom. The SMILES string of the molecule is CC1(CO)CCCC1NC(=O)Nc1ccn(-c2ncccc2Cl)n1. The van der Waals surface area contributed by atoms with Crippen LogP contribution in [0, 0.1) is 5.41 Å². The number of hydrogen-bond donors (Lipinski definition) is 3. The Labute approximate surface area is 145 Å². The van der Waals surface area contributed by atoms with Gasteiger partial charge in [-0.1, -0.05) is 24.9 Å². The van der Waals surface area contributed by atoms with Crippen molar-refractivity contribution in [1.29, 1.82) is 0 Å². The summed E-state index contributed by atoms with van der Waals surface area (Å²) >= 11 is 6.09. The van der Waals surface area contributed by atoms with Gasteiger partial charge in [-0.2, -0.15) is 0 Å². The predicted octanol–water partition coefficient (Wildman–Crippen LogP) is 2.59. The predicted molar refractivity (Wildman–Crippen MR) is 91.4 cm³/mol. The van der Waals surface area contributed by atoms with E-state index < -0.39 is 0 Å². The molecule has 2 aromatic rings. The second kappa shape index (κ2) is 6.78. The van der Waals surface area contributed by atoms with Gasteiger partial charge in [-0.15, -0.1) is 5.10 Å². The lowest BCUT2D eigenvalue weighted by Crippen LogP contribution is -2.46. The molecule has 2 amide bonds. The molecule has 8 heteroatoms. The Morgan fingerprint density at radius 1 is 1.54 bits per heavy atom. The molecule has 1 saturated carbocycles. The van der Waals surface area contributed by atoms with E-state index in [4.69, 9.17) is 11.6 Å². The molecule has 1 fully saturated rings. The van der Waals surface area contributed by atoms with Crippen molar-refractivity contribution in [1.82, 2.24) is 20.1 Å². The van der Waals surface area contributed by atoms with Crippen LogP contribution in [-0.4, -0.2) is 38.6 Å². The Balaban J connectivity index is 1.65. The number of nitrogens with one attached hydrogen (secondary N) is 2. The fourth-order valence-corrected chi connectivity index (χ4v) is 3.24. The lowest BCUT2D eigenvalue weighted by Gasteiger charge is -2.29. The maximum atomic E-state index is 12.2. The number of urea groups is 1. The van der Waals surface area contributed by atoms with Gasteiger partial charge in [-0.3, -0.25) is 5.32 Å². The number of aliphatic hydroxyl groups is 1. The van der Waals surface area contributed by atoms with Crippen LogP contribution in [0.25, 0.3) is 5.82 Å². The van der Waals surface area contributed by atoms with Crippen LogP contribution in [0.5, 0.6) is 0 Å². The van der Waals surface area contributed by atoms with E-state index in [0.29, 0.717) is 16.7 Å². The number of pyridine rings is 1. The van der Waals surface area contributed by atoms with E-state index in [0.717, 1.165) is 19.3 Å². The summed E-state index contributed by atoms with van der Waals surface area (Å²) in [6, 6.07) is 4.75. The minimum atomic E-state index is -0.334. The molecule has 2 atom stereocenters. The number of rotatable bonds is 4. The maximum absolute atomic E-state index is 12.2. The highest BCUT2D eigenvalue weighted by atomic mass is 35.5. The number of aromatic nitrogens is 3. The first-order valence-electron chi connectivity index (χ1n) is 7.87. The summed E-state index contributed by atoms with van der Waals surface area (Å²) < 4.78 is 1.51. The summed E-state index contributed by atoms with van der Waals surface area (Å²) in [6.07, 6.45) is 6.06. The molecule has 0 saturated heterocycles. The lowest BCUT2D eigenvalue weighted by atomic mass is 9.86. The zero-order valence-corrected chi connectivity index (χ0v) is 14.1. The van der Waals surface area contributed by atoms with E-state index in [2.05, 4.69) is 20.7 Å². The fourth-order valence-electron chi connectivity index (χ4n) is 3.03. The Morgan fingerprint density at radius 2 is 2.38 bits per heavy atom. The average molecular weight is 350 g/mol. The van der Waals surface area contributed by atoms with Crippen molar-refractivity contribution in [2.24, 2.45) is 5.41 Å². The van der Waals surface area contributed by atoms with Gasteiger partial charge in [-0.05, 0) is 25.0 Å². The molecule has 0 radical (unpaired) electrons. The molecule has 3 N–H and O–H groups in total. The van der Waals surface area contributed by atoms with Gasteiger partial charge in [0, 0.05) is 29.9 Å². The summed E-state index contributed by atoms with van der Waals surface area (Å²) in [4.78, 5) is 16.4. The van der Waals surface area contributed by atoms with Gasteiger partial charge >= 0.3 is 6.03 Å². The molecule has 2 unspecified atom stereocenters. The van der Waals surface area contributed by atoms with Gasteiger partial charge in [-0.25, -0.2) is 14.5 Å². The van der Waals surface area contributed by atoms with E-state index >= 15 is 0 Å². The molecular weight excluding hydrogens is 330 g/mol. The highest BCUT2D eigenvalue weighted by Gasteiger charge is 2.39. The first kappa shape index (κ1) is 16.7. The Bertz CT molecular complexity index is 735. The Kier molecular flexibility index (Phi) is 4.73. The Hall–Kier alpha value is -2.12. The molecule has 0 aliphatic heterocycles. The first-order valence-corrected chi connectivity index (χ1v) is 8.24. The van der Waals surface area contributed by atoms with Crippen molar-refractivity contribution in [3.05, 3.63) is 35.6 Å². The molecular formula is C16H20ClN5O2. The normalized spacial score (nSPS) is 23.2. The smallest absolute Gasteiger partial charge is 0.320 e. The van der Waals surface area contributed by atoms with Crippen molar-refractivity contribution in [3.63, 3.8) is 0 Å². The van der Waals surface area contributed by atoms with Crippen LogP contribution in [-0.2, 0) is 0 Å². The summed E-state index contributed by atoms with van der Waals surface area (Å²) in [5.41, 5.74) is -0.266. The van der Waals surface area contributed by atoms with Crippen LogP contribution >= 0.6 is 11.6 Å². The van der Waals surface area contributed by atoms with Gasteiger partial charge < -0.3 is 10.4 Å². The number of aliphatic hydroxyl groups excluding tert-OH is 1. The van der Waals surface area contributed by atoms with E-state index in [1.165, 1.54) is 4.68 Å². The van der Waals surface area contributed by atoms with E-state index in [1.54, 1.807) is 30.6 Å². The van der Waals surface area contributed by atoms with Crippen molar-refractivity contribution < 1.29 is 9.90 Å². The van der Waals surface area contributed by atoms with Crippen LogP contribution in [0.15, 0.2) is 30.6 Å². The second-order valence-electron chi connectivity index (χ2n) is 6.31. The maximum Gasteiger partial charge on any atom is 0.320 e. The quantitative estimate of drug-likeness (QED) is 0.791. The van der Waals surface area contributed by atoms with Crippen molar-refractivity contribution in [2.75, 3.05) is 11.9 Å².